The van der Waals surface area contributed by atoms with Crippen LogP contribution in [0.2, 0.25) is 0 Å². The fourth-order valence-corrected chi connectivity index (χ4v) is 4.51. The van der Waals surface area contributed by atoms with Crippen LogP contribution in [0.5, 0.6) is 17.2 Å². The van der Waals surface area contributed by atoms with E-state index in [1.165, 1.54) is 11.3 Å². The van der Waals surface area contributed by atoms with Crippen LogP contribution in [0.1, 0.15) is 9.67 Å². The third-order valence-corrected chi connectivity index (χ3v) is 6.16. The molecule has 0 N–H and O–H groups in total. The lowest BCUT2D eigenvalue weighted by atomic mass is 10.1. The summed E-state index contributed by atoms with van der Waals surface area (Å²) in [6.45, 7) is 2.21. The van der Waals surface area contributed by atoms with Crippen LogP contribution in [0.15, 0.2) is 22.7 Å². The lowest BCUT2D eigenvalue weighted by molar-refractivity contribution is 0.0303. The number of amides is 1. The van der Waals surface area contributed by atoms with Crippen LogP contribution >= 0.6 is 27.3 Å². The van der Waals surface area contributed by atoms with Crippen molar-refractivity contribution in [1.29, 1.82) is 0 Å². The normalized spacial score (nSPS) is 16.5. The van der Waals surface area contributed by atoms with Gasteiger partial charge in [0.15, 0.2) is 11.5 Å². The Labute approximate surface area is 150 Å². The van der Waals surface area contributed by atoms with E-state index in [2.05, 4.69) is 15.9 Å². The molecule has 0 saturated carbocycles. The minimum absolute atomic E-state index is 0.192. The number of carbonyl (C=O) groups is 1. The molecule has 8 heteroatoms. The van der Waals surface area contributed by atoms with Crippen molar-refractivity contribution in [2.75, 3.05) is 33.1 Å². The number of halogens is 1. The highest BCUT2D eigenvalue weighted by Gasteiger charge is 2.28. The second kappa shape index (κ2) is 6.27. The highest BCUT2D eigenvalue weighted by Crippen LogP contribution is 2.47. The Morgan fingerprint density at radius 1 is 1.17 bits per heavy atom. The van der Waals surface area contributed by atoms with Gasteiger partial charge >= 0.3 is 0 Å². The van der Waals surface area contributed by atoms with Gasteiger partial charge in [-0.2, -0.15) is 0 Å². The molecule has 1 aromatic carbocycles. The van der Waals surface area contributed by atoms with Crippen molar-refractivity contribution in [3.63, 3.8) is 0 Å². The second-order valence-electron chi connectivity index (χ2n) is 5.38. The summed E-state index contributed by atoms with van der Waals surface area (Å²) < 4.78 is 16.3. The largest absolute Gasteiger partial charge is 0.454 e. The molecule has 1 amide bonds. The summed E-state index contributed by atoms with van der Waals surface area (Å²) in [5, 5.41) is 12.5. The summed E-state index contributed by atoms with van der Waals surface area (Å²) in [6.07, 6.45) is 0. The molecular formula is C16H13BrNO5S. The first-order valence-electron chi connectivity index (χ1n) is 7.41. The zero-order valence-corrected chi connectivity index (χ0v) is 14.9. The maximum atomic E-state index is 12.6. The maximum absolute atomic E-state index is 12.6. The summed E-state index contributed by atoms with van der Waals surface area (Å²) in [7, 11) is 0. The van der Waals surface area contributed by atoms with E-state index in [4.69, 9.17) is 14.2 Å². The highest BCUT2D eigenvalue weighted by atomic mass is 79.9. The second-order valence-corrected chi connectivity index (χ2v) is 7.19. The zero-order valence-electron chi connectivity index (χ0n) is 12.5. The topological polar surface area (TPSA) is 67.9 Å². The molecule has 1 aromatic heterocycles. The number of morpholine rings is 1. The summed E-state index contributed by atoms with van der Waals surface area (Å²) in [5.41, 5.74) is 0.814. The predicted octanol–water partition coefficient (Wildman–Crippen LogP) is 3.52. The Hall–Kier alpha value is -1.77. The molecule has 1 saturated heterocycles. The van der Waals surface area contributed by atoms with Crippen molar-refractivity contribution in [1.82, 2.24) is 4.90 Å². The summed E-state index contributed by atoms with van der Waals surface area (Å²) >= 11 is 4.54. The quantitative estimate of drug-likeness (QED) is 0.759. The molecular weight excluding hydrogens is 398 g/mol. The number of benzene rings is 1. The molecule has 24 heavy (non-hydrogen) atoms. The van der Waals surface area contributed by atoms with Crippen LogP contribution in [0.25, 0.3) is 10.4 Å². The molecule has 0 aliphatic carbocycles. The molecule has 0 unspecified atom stereocenters. The Morgan fingerprint density at radius 2 is 1.92 bits per heavy atom. The van der Waals surface area contributed by atoms with Crippen molar-refractivity contribution >= 4 is 33.2 Å². The fourth-order valence-electron chi connectivity index (χ4n) is 2.67. The Kier molecular flexibility index (Phi) is 4.11. The molecule has 3 heterocycles. The van der Waals surface area contributed by atoms with E-state index in [0.717, 1.165) is 10.4 Å². The number of fused-ring (bicyclic) bond motifs is 1. The third-order valence-electron chi connectivity index (χ3n) is 3.94. The van der Waals surface area contributed by atoms with Gasteiger partial charge in [-0.3, -0.25) is 9.90 Å². The van der Waals surface area contributed by atoms with Crippen LogP contribution in [0.4, 0.5) is 0 Å². The van der Waals surface area contributed by atoms with E-state index in [1.807, 2.05) is 12.1 Å². The van der Waals surface area contributed by atoms with E-state index < -0.39 is 0 Å². The molecule has 6 nitrogen and oxygen atoms in total. The Morgan fingerprint density at radius 3 is 2.71 bits per heavy atom. The van der Waals surface area contributed by atoms with Gasteiger partial charge in [0.25, 0.3) is 5.91 Å². The lowest BCUT2D eigenvalue weighted by Gasteiger charge is -2.26. The first-order chi connectivity index (χ1) is 11.6. The van der Waals surface area contributed by atoms with Crippen molar-refractivity contribution in [2.45, 2.75) is 0 Å². The summed E-state index contributed by atoms with van der Waals surface area (Å²) in [5.74, 6) is 0.810. The number of hydrogen-bond donors (Lipinski definition) is 0. The zero-order chi connectivity index (χ0) is 16.7. The van der Waals surface area contributed by atoms with Crippen molar-refractivity contribution < 1.29 is 24.1 Å². The monoisotopic (exact) mass is 410 g/mol. The van der Waals surface area contributed by atoms with Crippen LogP contribution in [-0.4, -0.2) is 43.9 Å². The van der Waals surface area contributed by atoms with E-state index in [-0.39, 0.29) is 23.3 Å². The van der Waals surface area contributed by atoms with E-state index in [1.54, 1.807) is 11.0 Å². The number of hydrogen-bond acceptors (Lipinski definition) is 5. The summed E-state index contributed by atoms with van der Waals surface area (Å²) in [4.78, 5) is 15.2. The molecule has 2 aliphatic rings. The number of thiophene rings is 1. The number of nitrogens with zero attached hydrogens (tertiary/aromatic N) is 1. The standard InChI is InChI=1S/C16H13BrNO5S/c17-12-13(19)15(16(20)18-3-5-21-6-4-18)24-14(12)9-1-2-10-11(7-9)23-8-22-10/h1-2,7H,3-6,8H2. The number of rotatable bonds is 2. The van der Waals surface area contributed by atoms with Gasteiger partial charge in [0.2, 0.25) is 12.5 Å². The maximum Gasteiger partial charge on any atom is 0.268 e. The van der Waals surface area contributed by atoms with E-state index in [9.17, 15) is 9.90 Å². The molecule has 4 rings (SSSR count). The minimum Gasteiger partial charge on any atom is -0.454 e. The van der Waals surface area contributed by atoms with Gasteiger partial charge in [0, 0.05) is 13.1 Å². The van der Waals surface area contributed by atoms with E-state index in [0.29, 0.717) is 42.3 Å². The molecule has 2 aliphatic heterocycles. The third kappa shape index (κ3) is 2.64. The van der Waals surface area contributed by atoms with Crippen molar-refractivity contribution in [3.05, 3.63) is 27.5 Å². The number of carbonyl (C=O) groups excluding carboxylic acids is 1. The minimum atomic E-state index is -0.274. The van der Waals surface area contributed by atoms with Gasteiger partial charge < -0.3 is 19.1 Å². The highest BCUT2D eigenvalue weighted by molar-refractivity contribution is 9.10. The van der Waals surface area contributed by atoms with Gasteiger partial charge in [-0.1, -0.05) is 0 Å². The van der Waals surface area contributed by atoms with Crippen LogP contribution < -0.4 is 9.47 Å². The van der Waals surface area contributed by atoms with Gasteiger partial charge in [-0.25, -0.2) is 0 Å². The van der Waals surface area contributed by atoms with Gasteiger partial charge in [0.05, 0.1) is 22.6 Å². The molecule has 0 atom stereocenters. The molecule has 125 valence electrons. The number of ether oxygens (including phenoxy) is 3. The molecule has 2 aromatic rings. The lowest BCUT2D eigenvalue weighted by Crippen LogP contribution is -2.40. The van der Waals surface area contributed by atoms with Crippen molar-refractivity contribution in [2.24, 2.45) is 0 Å². The summed E-state index contributed by atoms with van der Waals surface area (Å²) in [6, 6.07) is 5.48. The molecule has 0 spiro atoms. The average molecular weight is 411 g/mol. The molecule has 1 radical (unpaired) electrons. The Bertz CT molecular complexity index is 800. The van der Waals surface area contributed by atoms with Gasteiger partial charge in [0.1, 0.15) is 4.88 Å². The van der Waals surface area contributed by atoms with Gasteiger partial charge in [-0.05, 0) is 39.7 Å². The first kappa shape index (κ1) is 15.7. The smallest absolute Gasteiger partial charge is 0.268 e. The van der Waals surface area contributed by atoms with Crippen LogP contribution in [-0.2, 0) is 9.84 Å². The van der Waals surface area contributed by atoms with E-state index >= 15 is 0 Å². The first-order valence-corrected chi connectivity index (χ1v) is 9.02. The van der Waals surface area contributed by atoms with Crippen molar-refractivity contribution in [3.8, 4) is 27.7 Å². The fraction of sp³-hybridized carbons (Fsp3) is 0.312. The molecule has 0 bridgehead atoms. The predicted molar refractivity (Wildman–Crippen MR) is 90.4 cm³/mol. The van der Waals surface area contributed by atoms with Crippen LogP contribution in [0.3, 0.4) is 0 Å². The average Bonchev–Trinajstić information content (AvgIpc) is 3.20. The van der Waals surface area contributed by atoms with Crippen LogP contribution in [0, 0.1) is 0 Å². The van der Waals surface area contributed by atoms with Gasteiger partial charge in [-0.15, -0.1) is 11.3 Å². The molecule has 1 fully saturated rings. The Balaban J connectivity index is 1.69. The SMILES string of the molecule is [O]c1c(C(=O)N2CCOCC2)sc(-c2ccc3c(c2)OCO3)c1Br.